The van der Waals surface area contributed by atoms with Gasteiger partial charge < -0.3 is 19.5 Å². The Morgan fingerprint density at radius 2 is 0.727 bits per heavy atom. The molecule has 0 radical (unpaired) electrons. The van der Waals surface area contributed by atoms with Crippen LogP contribution in [0.15, 0.2) is 0 Å². The first-order valence-corrected chi connectivity index (χ1v) is 24.6. The third-order valence-corrected chi connectivity index (χ3v) is 11.7. The van der Waals surface area contributed by atoms with Crippen molar-refractivity contribution in [2.24, 2.45) is 11.8 Å². The van der Waals surface area contributed by atoms with E-state index < -0.39 is 0 Å². The zero-order valence-corrected chi connectivity index (χ0v) is 37.7. The maximum atomic E-state index is 12.3. The third kappa shape index (κ3) is 39.5. The SMILES string of the molecule is CCCCCCC(CCCC)CCCCC(=O)OCCCCCCN(CCCCCO)CCCCCCOC(=O)CCCCC(CCCC)CCCCCC. The average Bonchev–Trinajstić information content (AvgIpc) is 3.19. The van der Waals surface area contributed by atoms with Crippen LogP contribution in [0.3, 0.4) is 0 Å². The quantitative estimate of drug-likeness (QED) is 0.0490. The second-order valence-corrected chi connectivity index (χ2v) is 17.1. The van der Waals surface area contributed by atoms with Crippen LogP contribution in [0.4, 0.5) is 0 Å². The lowest BCUT2D eigenvalue weighted by Crippen LogP contribution is -2.27. The number of rotatable bonds is 45. The number of aliphatic hydroxyl groups is 1. The summed E-state index contributed by atoms with van der Waals surface area (Å²) in [4.78, 5) is 27.2. The van der Waals surface area contributed by atoms with Crippen LogP contribution >= 0.6 is 0 Å². The lowest BCUT2D eigenvalue weighted by molar-refractivity contribution is -0.144. The predicted molar refractivity (Wildman–Crippen MR) is 237 cm³/mol. The van der Waals surface area contributed by atoms with E-state index in [1.54, 1.807) is 0 Å². The van der Waals surface area contributed by atoms with Crippen LogP contribution in [0.2, 0.25) is 0 Å². The van der Waals surface area contributed by atoms with Gasteiger partial charge in [0.05, 0.1) is 13.2 Å². The van der Waals surface area contributed by atoms with E-state index in [0.29, 0.717) is 26.1 Å². The van der Waals surface area contributed by atoms with Gasteiger partial charge in [0.25, 0.3) is 0 Å². The minimum Gasteiger partial charge on any atom is -0.466 e. The molecule has 55 heavy (non-hydrogen) atoms. The van der Waals surface area contributed by atoms with Crippen LogP contribution in [0, 0.1) is 11.8 Å². The van der Waals surface area contributed by atoms with Gasteiger partial charge in [-0.25, -0.2) is 0 Å². The van der Waals surface area contributed by atoms with Gasteiger partial charge in [-0.2, -0.15) is 0 Å². The summed E-state index contributed by atoms with van der Waals surface area (Å²) in [7, 11) is 0. The minimum absolute atomic E-state index is 0.00913. The fourth-order valence-corrected chi connectivity index (χ4v) is 8.03. The van der Waals surface area contributed by atoms with E-state index in [-0.39, 0.29) is 18.5 Å². The number of unbranched alkanes of at least 4 members (excludes halogenated alkanes) is 18. The van der Waals surface area contributed by atoms with Crippen molar-refractivity contribution >= 4 is 11.9 Å². The Morgan fingerprint density at radius 3 is 1.11 bits per heavy atom. The lowest BCUT2D eigenvalue weighted by Gasteiger charge is -2.22. The van der Waals surface area contributed by atoms with E-state index in [9.17, 15) is 14.7 Å². The Labute approximate surface area is 343 Å². The summed E-state index contributed by atoms with van der Waals surface area (Å²) >= 11 is 0. The van der Waals surface area contributed by atoms with E-state index in [4.69, 9.17) is 9.47 Å². The zero-order chi connectivity index (χ0) is 40.3. The smallest absolute Gasteiger partial charge is 0.305 e. The van der Waals surface area contributed by atoms with Gasteiger partial charge in [0, 0.05) is 19.4 Å². The molecule has 0 spiro atoms. The molecule has 0 aromatic carbocycles. The Morgan fingerprint density at radius 1 is 0.400 bits per heavy atom. The fourth-order valence-electron chi connectivity index (χ4n) is 8.03. The van der Waals surface area contributed by atoms with Crippen LogP contribution in [-0.2, 0) is 19.1 Å². The molecule has 1 N–H and O–H groups in total. The number of carbonyl (C=O) groups excluding carboxylic acids is 2. The van der Waals surface area contributed by atoms with Gasteiger partial charge in [0.1, 0.15) is 0 Å². The highest BCUT2D eigenvalue weighted by Gasteiger charge is 2.12. The van der Waals surface area contributed by atoms with Gasteiger partial charge in [0.2, 0.25) is 0 Å². The highest BCUT2D eigenvalue weighted by molar-refractivity contribution is 5.69. The molecule has 0 heterocycles. The molecule has 0 saturated carbocycles. The number of ether oxygens (including phenoxy) is 2. The number of aliphatic hydroxyl groups excluding tert-OH is 1. The van der Waals surface area contributed by atoms with Gasteiger partial charge in [-0.1, -0.05) is 182 Å². The fraction of sp³-hybridized carbons (Fsp3) is 0.959. The average molecular weight is 780 g/mol. The minimum atomic E-state index is -0.00913. The summed E-state index contributed by atoms with van der Waals surface area (Å²) in [6.45, 7) is 13.9. The molecule has 0 aromatic heterocycles. The zero-order valence-electron chi connectivity index (χ0n) is 37.7. The van der Waals surface area contributed by atoms with E-state index in [0.717, 1.165) is 102 Å². The molecular weight excluding hydrogens is 683 g/mol. The second kappa shape index (κ2) is 44.0. The Bertz CT molecular complexity index is 733. The van der Waals surface area contributed by atoms with Gasteiger partial charge in [-0.15, -0.1) is 0 Å². The van der Waals surface area contributed by atoms with Gasteiger partial charge in [-0.05, 0) is 89.3 Å². The first-order chi connectivity index (χ1) is 27.0. The maximum Gasteiger partial charge on any atom is 0.305 e. The van der Waals surface area contributed by atoms with Crippen molar-refractivity contribution in [2.75, 3.05) is 39.5 Å². The Hall–Kier alpha value is -1.14. The summed E-state index contributed by atoms with van der Waals surface area (Å²) < 4.78 is 11.2. The molecule has 0 aliphatic carbocycles. The summed E-state index contributed by atoms with van der Waals surface area (Å²) in [6.07, 6.45) is 41.4. The van der Waals surface area contributed by atoms with Crippen molar-refractivity contribution in [3.8, 4) is 0 Å². The number of hydrogen-bond donors (Lipinski definition) is 1. The normalized spacial score (nSPS) is 12.7. The Balaban J connectivity index is 4.05. The molecule has 0 saturated heterocycles. The van der Waals surface area contributed by atoms with Crippen molar-refractivity contribution in [1.82, 2.24) is 4.90 Å². The van der Waals surface area contributed by atoms with Gasteiger partial charge in [-0.3, -0.25) is 9.59 Å². The molecular formula is C49H97NO5. The van der Waals surface area contributed by atoms with E-state index >= 15 is 0 Å². The molecule has 0 amide bonds. The molecule has 328 valence electrons. The summed E-state index contributed by atoms with van der Waals surface area (Å²) in [5, 5.41) is 9.19. The lowest BCUT2D eigenvalue weighted by atomic mass is 9.90. The number of esters is 2. The number of nitrogens with zero attached hydrogens (tertiary/aromatic N) is 1. The van der Waals surface area contributed by atoms with Crippen molar-refractivity contribution in [1.29, 1.82) is 0 Å². The van der Waals surface area contributed by atoms with E-state index in [1.807, 2.05) is 0 Å². The molecule has 6 nitrogen and oxygen atoms in total. The standard InChI is InChI=1S/C49H97NO5/c1-5-9-13-20-34-46(32-11-7-3)36-22-24-38-48(52)54-44-30-17-15-26-40-50(42-28-19-29-43-51)41-27-16-18-31-45-55-49(53)39-25-23-37-47(33-12-8-4)35-21-14-10-6-2/h46-47,51H,5-45H2,1-4H3. The first kappa shape index (κ1) is 53.9. The largest absolute Gasteiger partial charge is 0.466 e. The monoisotopic (exact) mass is 780 g/mol. The van der Waals surface area contributed by atoms with Crippen molar-refractivity contribution in [2.45, 2.75) is 252 Å². The van der Waals surface area contributed by atoms with Crippen molar-refractivity contribution < 1.29 is 24.2 Å². The van der Waals surface area contributed by atoms with Gasteiger partial charge >= 0.3 is 11.9 Å². The molecule has 6 heteroatoms. The number of hydrogen-bond acceptors (Lipinski definition) is 6. The Kier molecular flexibility index (Phi) is 43.1. The highest BCUT2D eigenvalue weighted by Crippen LogP contribution is 2.25. The summed E-state index contributed by atoms with van der Waals surface area (Å²) in [5.74, 6) is 1.67. The molecule has 0 rings (SSSR count). The van der Waals surface area contributed by atoms with Crippen LogP contribution in [0.5, 0.6) is 0 Å². The molecule has 0 aliphatic heterocycles. The van der Waals surface area contributed by atoms with Crippen molar-refractivity contribution in [3.63, 3.8) is 0 Å². The molecule has 0 aliphatic rings. The summed E-state index contributed by atoms with van der Waals surface area (Å²) in [6, 6.07) is 0. The molecule has 0 fully saturated rings. The molecule has 2 unspecified atom stereocenters. The topological polar surface area (TPSA) is 76.1 Å². The van der Waals surface area contributed by atoms with E-state index in [2.05, 4.69) is 32.6 Å². The molecule has 2 atom stereocenters. The van der Waals surface area contributed by atoms with Crippen LogP contribution in [-0.4, -0.2) is 61.4 Å². The number of carbonyl (C=O) groups is 2. The highest BCUT2D eigenvalue weighted by atomic mass is 16.5. The third-order valence-electron chi connectivity index (χ3n) is 11.7. The van der Waals surface area contributed by atoms with Crippen molar-refractivity contribution in [3.05, 3.63) is 0 Å². The molecule has 0 aromatic rings. The van der Waals surface area contributed by atoms with Crippen LogP contribution in [0.1, 0.15) is 252 Å². The van der Waals surface area contributed by atoms with Gasteiger partial charge in [0.15, 0.2) is 0 Å². The van der Waals surface area contributed by atoms with Crippen LogP contribution in [0.25, 0.3) is 0 Å². The molecule has 0 bridgehead atoms. The second-order valence-electron chi connectivity index (χ2n) is 17.1. The predicted octanol–water partition coefficient (Wildman–Crippen LogP) is 14.3. The maximum absolute atomic E-state index is 12.3. The van der Waals surface area contributed by atoms with Crippen LogP contribution < -0.4 is 0 Å². The summed E-state index contributed by atoms with van der Waals surface area (Å²) in [5.41, 5.74) is 0. The van der Waals surface area contributed by atoms with E-state index in [1.165, 1.54) is 141 Å². The first-order valence-electron chi connectivity index (χ1n) is 24.6.